The SMILES string of the molecule is CC(O)(CO[C@H]1CC[C@H](NC(=O)c2cc(-n3ccnc3)cc3cc[nH]c23)CC1)C(F)(F)F. The summed E-state index contributed by atoms with van der Waals surface area (Å²) in [6.45, 7) is -0.0951. The number of amides is 1. The first-order valence-electron chi connectivity index (χ1n) is 10.4. The molecule has 1 fully saturated rings. The Morgan fingerprint density at radius 3 is 2.72 bits per heavy atom. The first-order valence-corrected chi connectivity index (χ1v) is 10.4. The first-order chi connectivity index (χ1) is 15.1. The van der Waals surface area contributed by atoms with Gasteiger partial charge in [0.2, 0.25) is 0 Å². The number of ether oxygens (including phenoxy) is 1. The number of aromatic nitrogens is 3. The molecule has 0 radical (unpaired) electrons. The molecule has 0 bridgehead atoms. The van der Waals surface area contributed by atoms with Gasteiger partial charge in [0.1, 0.15) is 0 Å². The molecule has 7 nitrogen and oxygen atoms in total. The highest BCUT2D eigenvalue weighted by atomic mass is 19.4. The molecule has 0 spiro atoms. The van der Waals surface area contributed by atoms with Gasteiger partial charge in [0, 0.05) is 35.7 Å². The number of fused-ring (bicyclic) bond motifs is 1. The average Bonchev–Trinajstić information content (AvgIpc) is 3.43. The maximum atomic E-state index is 13.1. The predicted octanol–water partition coefficient (Wildman–Crippen LogP) is 3.72. The third-order valence-corrected chi connectivity index (χ3v) is 5.91. The van der Waals surface area contributed by atoms with Crippen LogP contribution in [0.2, 0.25) is 0 Å². The zero-order valence-electron chi connectivity index (χ0n) is 17.5. The molecule has 1 aromatic carbocycles. The lowest BCUT2D eigenvalue weighted by atomic mass is 9.92. The van der Waals surface area contributed by atoms with Crippen LogP contribution in [0.25, 0.3) is 16.6 Å². The van der Waals surface area contributed by atoms with E-state index in [0.29, 0.717) is 38.2 Å². The van der Waals surface area contributed by atoms with Crippen LogP contribution >= 0.6 is 0 Å². The molecule has 32 heavy (non-hydrogen) atoms. The van der Waals surface area contributed by atoms with E-state index in [2.05, 4.69) is 15.3 Å². The van der Waals surface area contributed by atoms with E-state index in [9.17, 15) is 23.1 Å². The van der Waals surface area contributed by atoms with E-state index in [1.54, 1.807) is 31.0 Å². The Kier molecular flexibility index (Phi) is 6.00. The van der Waals surface area contributed by atoms with Crippen LogP contribution in [0, 0.1) is 0 Å². The number of benzene rings is 1. The fraction of sp³-hybridized carbons (Fsp3) is 0.455. The minimum atomic E-state index is -4.74. The van der Waals surface area contributed by atoms with Gasteiger partial charge in [0.05, 0.1) is 30.1 Å². The first kappa shape index (κ1) is 22.3. The van der Waals surface area contributed by atoms with Crippen LogP contribution in [0.4, 0.5) is 13.2 Å². The van der Waals surface area contributed by atoms with Gasteiger partial charge in [-0.05, 0) is 50.8 Å². The van der Waals surface area contributed by atoms with E-state index in [4.69, 9.17) is 4.74 Å². The smallest absolute Gasteiger partial charge is 0.379 e. The summed E-state index contributed by atoms with van der Waals surface area (Å²) in [5.74, 6) is -0.219. The van der Waals surface area contributed by atoms with Crippen molar-refractivity contribution in [1.29, 1.82) is 0 Å². The summed E-state index contributed by atoms with van der Waals surface area (Å²) in [4.78, 5) is 20.2. The van der Waals surface area contributed by atoms with Crippen molar-refractivity contribution in [1.82, 2.24) is 19.9 Å². The standard InChI is InChI=1S/C22H25F3N4O3/c1-21(31,22(23,24)25)12-32-17-4-2-15(3-5-17)28-20(30)18-11-16(29-9-8-26-13-29)10-14-6-7-27-19(14)18/h6-11,13,15,17,27,31H,2-5,12H2,1H3,(H,28,30)/t15-,17-,21?. The fourth-order valence-corrected chi connectivity index (χ4v) is 3.89. The van der Waals surface area contributed by atoms with Crippen LogP contribution in [0.15, 0.2) is 43.1 Å². The number of imidazole rings is 1. The van der Waals surface area contributed by atoms with Gasteiger partial charge in [-0.25, -0.2) is 4.98 Å². The van der Waals surface area contributed by atoms with E-state index in [1.165, 1.54) is 0 Å². The molecule has 1 aliphatic rings. The summed E-state index contributed by atoms with van der Waals surface area (Å²) in [6, 6.07) is 5.55. The van der Waals surface area contributed by atoms with Gasteiger partial charge >= 0.3 is 6.18 Å². The van der Waals surface area contributed by atoms with Crippen LogP contribution in [0.1, 0.15) is 43.0 Å². The number of nitrogens with one attached hydrogen (secondary N) is 2. The van der Waals surface area contributed by atoms with Crippen LogP contribution < -0.4 is 5.32 Å². The predicted molar refractivity (Wildman–Crippen MR) is 112 cm³/mol. The van der Waals surface area contributed by atoms with Crippen molar-refractivity contribution in [2.45, 2.75) is 56.5 Å². The van der Waals surface area contributed by atoms with Gasteiger partial charge < -0.3 is 24.7 Å². The lowest BCUT2D eigenvalue weighted by Crippen LogP contribution is -2.47. The van der Waals surface area contributed by atoms with Crippen molar-refractivity contribution in [2.75, 3.05) is 6.61 Å². The van der Waals surface area contributed by atoms with E-state index in [0.717, 1.165) is 16.6 Å². The normalized spacial score (nSPS) is 21.4. The molecule has 1 unspecified atom stereocenters. The number of nitrogens with zero attached hydrogens (tertiary/aromatic N) is 2. The molecular weight excluding hydrogens is 425 g/mol. The van der Waals surface area contributed by atoms with Crippen molar-refractivity contribution < 1.29 is 27.8 Å². The van der Waals surface area contributed by atoms with Gasteiger partial charge in [-0.2, -0.15) is 13.2 Å². The molecule has 1 atom stereocenters. The van der Waals surface area contributed by atoms with Gasteiger partial charge in [0.25, 0.3) is 5.91 Å². The molecule has 2 heterocycles. The summed E-state index contributed by atoms with van der Waals surface area (Å²) < 4.78 is 45.5. The van der Waals surface area contributed by atoms with Crippen LogP contribution in [0.5, 0.6) is 0 Å². The topological polar surface area (TPSA) is 92.2 Å². The van der Waals surface area contributed by atoms with Gasteiger partial charge in [0.15, 0.2) is 5.60 Å². The molecule has 3 N–H and O–H groups in total. The summed E-state index contributed by atoms with van der Waals surface area (Å²) in [6.07, 6.45) is 3.95. The molecule has 1 aliphatic carbocycles. The molecule has 10 heteroatoms. The summed E-state index contributed by atoms with van der Waals surface area (Å²) >= 11 is 0. The van der Waals surface area contributed by atoms with Gasteiger partial charge in [-0.1, -0.05) is 0 Å². The van der Waals surface area contributed by atoms with Crippen molar-refractivity contribution in [3.8, 4) is 5.69 Å². The van der Waals surface area contributed by atoms with E-state index in [1.807, 2.05) is 16.7 Å². The highest BCUT2D eigenvalue weighted by molar-refractivity contribution is 6.06. The minimum Gasteiger partial charge on any atom is -0.379 e. The zero-order valence-corrected chi connectivity index (χ0v) is 17.5. The number of rotatable bonds is 6. The van der Waals surface area contributed by atoms with Gasteiger partial charge in [-0.3, -0.25) is 4.79 Å². The van der Waals surface area contributed by atoms with Crippen molar-refractivity contribution >= 4 is 16.8 Å². The number of hydrogen-bond donors (Lipinski definition) is 3. The van der Waals surface area contributed by atoms with E-state index >= 15 is 0 Å². The number of hydrogen-bond acceptors (Lipinski definition) is 4. The van der Waals surface area contributed by atoms with Gasteiger partial charge in [-0.15, -0.1) is 0 Å². The molecule has 3 aromatic rings. The van der Waals surface area contributed by atoms with Crippen molar-refractivity contribution in [2.24, 2.45) is 0 Å². The largest absolute Gasteiger partial charge is 0.419 e. The minimum absolute atomic E-state index is 0.104. The van der Waals surface area contributed by atoms with Crippen molar-refractivity contribution in [3.63, 3.8) is 0 Å². The van der Waals surface area contributed by atoms with E-state index in [-0.39, 0.29) is 18.1 Å². The highest BCUT2D eigenvalue weighted by Crippen LogP contribution is 2.32. The third-order valence-electron chi connectivity index (χ3n) is 5.91. The Bertz CT molecular complexity index is 1070. The number of aromatic amines is 1. The van der Waals surface area contributed by atoms with Crippen LogP contribution in [0.3, 0.4) is 0 Å². The number of aliphatic hydroxyl groups is 1. The molecule has 0 saturated heterocycles. The molecule has 0 aliphatic heterocycles. The Hall–Kier alpha value is -2.85. The second kappa shape index (κ2) is 8.59. The Balaban J connectivity index is 1.38. The lowest BCUT2D eigenvalue weighted by molar-refractivity contribution is -0.271. The fourth-order valence-electron chi connectivity index (χ4n) is 3.89. The summed E-state index contributed by atoms with van der Waals surface area (Å²) in [5.41, 5.74) is -0.818. The number of carbonyl (C=O) groups excluding carboxylic acids is 1. The summed E-state index contributed by atoms with van der Waals surface area (Å²) in [7, 11) is 0. The van der Waals surface area contributed by atoms with Crippen molar-refractivity contribution in [3.05, 3.63) is 48.7 Å². The van der Waals surface area contributed by atoms with E-state index < -0.39 is 18.4 Å². The maximum Gasteiger partial charge on any atom is 0.419 e. The Morgan fingerprint density at radius 2 is 2.06 bits per heavy atom. The molecule has 4 rings (SSSR count). The molecular formula is C22H25F3N4O3. The number of H-pyrrole nitrogens is 1. The molecule has 1 saturated carbocycles. The second-order valence-electron chi connectivity index (χ2n) is 8.43. The molecule has 172 valence electrons. The third kappa shape index (κ3) is 4.66. The average molecular weight is 450 g/mol. The number of halogens is 3. The quantitative estimate of drug-likeness (QED) is 0.534. The van der Waals surface area contributed by atoms with Crippen LogP contribution in [-0.2, 0) is 4.74 Å². The zero-order chi connectivity index (χ0) is 22.9. The Labute approximate surface area is 182 Å². The second-order valence-corrected chi connectivity index (χ2v) is 8.43. The Morgan fingerprint density at radius 1 is 1.31 bits per heavy atom. The summed E-state index contributed by atoms with van der Waals surface area (Å²) in [5, 5.41) is 13.5. The lowest BCUT2D eigenvalue weighted by Gasteiger charge is -2.32. The molecule has 1 amide bonds. The number of alkyl halides is 3. The van der Waals surface area contributed by atoms with Crippen LogP contribution in [-0.4, -0.2) is 56.1 Å². The number of carbonyl (C=O) groups is 1. The molecule has 2 aromatic heterocycles. The monoisotopic (exact) mass is 450 g/mol. The highest BCUT2D eigenvalue weighted by Gasteiger charge is 2.50. The maximum absolute atomic E-state index is 13.1.